The first-order valence-electron chi connectivity index (χ1n) is 10.8. The second-order valence-corrected chi connectivity index (χ2v) is 9.61. The van der Waals surface area contributed by atoms with Crippen LogP contribution in [0.3, 0.4) is 0 Å². The minimum atomic E-state index is -1.37. The highest BCUT2D eigenvalue weighted by molar-refractivity contribution is 5.98. The molecule has 3 rings (SSSR count). The fourth-order valence-electron chi connectivity index (χ4n) is 3.46. The standard InChI is InChI=1S/C23H30FN5O5/c1-13-7-8-16(15(24)9-13)26-17-10-18(30)28(6)27-19(17)20(31)29-11-23(33,12-29)14(2)25-21(32)34-22(3,4)5/h7-10,14,26,33H,11-12H2,1-6H3,(H,25,32)/t14-/m0/s1. The van der Waals surface area contributed by atoms with Crippen LogP contribution in [0.15, 0.2) is 29.1 Å². The van der Waals surface area contributed by atoms with Crippen molar-refractivity contribution in [3.8, 4) is 0 Å². The molecule has 2 amide bonds. The van der Waals surface area contributed by atoms with Crippen LogP contribution >= 0.6 is 0 Å². The van der Waals surface area contributed by atoms with Crippen molar-refractivity contribution in [2.75, 3.05) is 18.4 Å². The van der Waals surface area contributed by atoms with Crippen LogP contribution in [0.4, 0.5) is 20.6 Å². The summed E-state index contributed by atoms with van der Waals surface area (Å²) < 4.78 is 20.6. The molecule has 10 nitrogen and oxygen atoms in total. The summed E-state index contributed by atoms with van der Waals surface area (Å²) >= 11 is 0. The van der Waals surface area contributed by atoms with Crippen LogP contribution in [0.25, 0.3) is 0 Å². The van der Waals surface area contributed by atoms with E-state index >= 15 is 0 Å². The van der Waals surface area contributed by atoms with Crippen LogP contribution in [0.5, 0.6) is 0 Å². The summed E-state index contributed by atoms with van der Waals surface area (Å²) in [6.45, 7) is 8.38. The topological polar surface area (TPSA) is 126 Å². The Labute approximate surface area is 196 Å². The number of aromatic nitrogens is 2. The molecule has 1 fully saturated rings. The number of likely N-dealkylation sites (tertiary alicyclic amines) is 1. The van der Waals surface area contributed by atoms with Gasteiger partial charge in [0.25, 0.3) is 11.5 Å². The van der Waals surface area contributed by atoms with Crippen LogP contribution in [0.2, 0.25) is 0 Å². The molecule has 1 aromatic carbocycles. The van der Waals surface area contributed by atoms with E-state index < -0.39 is 40.6 Å². The molecule has 2 aromatic rings. The maximum absolute atomic E-state index is 14.3. The zero-order chi connectivity index (χ0) is 25.4. The zero-order valence-electron chi connectivity index (χ0n) is 20.1. The number of β-amino-alcohol motifs (C(OH)–C–C–N with tert-alkyl or cyclic N) is 1. The number of hydrogen-bond acceptors (Lipinski definition) is 7. The predicted octanol–water partition coefficient (Wildman–Crippen LogP) is 2.07. The van der Waals surface area contributed by atoms with E-state index in [9.17, 15) is 23.9 Å². The SMILES string of the molecule is Cc1ccc(Nc2cc(=O)n(C)nc2C(=O)N2CC(O)([C@H](C)NC(=O)OC(C)(C)C)C2)c(F)c1. The van der Waals surface area contributed by atoms with E-state index in [0.717, 1.165) is 16.3 Å². The third kappa shape index (κ3) is 5.53. The average Bonchev–Trinajstić information content (AvgIpc) is 2.68. The van der Waals surface area contributed by atoms with Crippen LogP contribution in [-0.2, 0) is 11.8 Å². The Morgan fingerprint density at radius 1 is 1.24 bits per heavy atom. The second kappa shape index (κ2) is 9.05. The minimum absolute atomic E-state index is 0.0474. The maximum Gasteiger partial charge on any atom is 0.407 e. The molecule has 1 aliphatic heterocycles. The monoisotopic (exact) mass is 475 g/mol. The summed E-state index contributed by atoms with van der Waals surface area (Å²) in [5.74, 6) is -1.10. The Bertz CT molecular complexity index is 1170. The number of amides is 2. The highest BCUT2D eigenvalue weighted by atomic mass is 19.1. The molecule has 184 valence electrons. The molecular weight excluding hydrogens is 445 g/mol. The number of nitrogens with one attached hydrogen (secondary N) is 2. The van der Waals surface area contributed by atoms with Gasteiger partial charge in [0, 0.05) is 13.1 Å². The van der Waals surface area contributed by atoms with Gasteiger partial charge >= 0.3 is 6.09 Å². The lowest BCUT2D eigenvalue weighted by Crippen LogP contribution is -2.71. The molecular formula is C23H30FN5O5. The van der Waals surface area contributed by atoms with Gasteiger partial charge in [0.2, 0.25) is 0 Å². The van der Waals surface area contributed by atoms with Gasteiger partial charge in [0.05, 0.1) is 30.5 Å². The maximum atomic E-state index is 14.3. The van der Waals surface area contributed by atoms with Crippen molar-refractivity contribution >= 4 is 23.4 Å². The number of benzene rings is 1. The van der Waals surface area contributed by atoms with Crippen LogP contribution in [-0.4, -0.2) is 62.1 Å². The van der Waals surface area contributed by atoms with Gasteiger partial charge in [0.1, 0.15) is 17.0 Å². The van der Waals surface area contributed by atoms with E-state index in [1.165, 1.54) is 24.1 Å². The van der Waals surface area contributed by atoms with Crippen LogP contribution in [0.1, 0.15) is 43.7 Å². The highest BCUT2D eigenvalue weighted by Crippen LogP contribution is 2.29. The Kier molecular flexibility index (Phi) is 6.70. The van der Waals surface area contributed by atoms with Gasteiger partial charge in [-0.05, 0) is 52.3 Å². The van der Waals surface area contributed by atoms with E-state index in [2.05, 4.69) is 15.7 Å². The van der Waals surface area contributed by atoms with Crippen LogP contribution < -0.4 is 16.2 Å². The summed E-state index contributed by atoms with van der Waals surface area (Å²) in [5, 5.41) is 20.3. The van der Waals surface area contributed by atoms with Gasteiger partial charge in [-0.3, -0.25) is 9.59 Å². The summed E-state index contributed by atoms with van der Waals surface area (Å²) in [6.07, 6.45) is -0.676. The molecule has 3 N–H and O–H groups in total. The number of rotatable bonds is 5. The number of aryl methyl sites for hydroxylation is 2. The Morgan fingerprint density at radius 2 is 1.88 bits per heavy atom. The third-order valence-electron chi connectivity index (χ3n) is 5.44. The van der Waals surface area contributed by atoms with E-state index in [-0.39, 0.29) is 30.2 Å². The van der Waals surface area contributed by atoms with E-state index in [1.807, 2.05) is 0 Å². The molecule has 1 aliphatic rings. The van der Waals surface area contributed by atoms with Gasteiger partial charge in [-0.15, -0.1) is 0 Å². The zero-order valence-corrected chi connectivity index (χ0v) is 20.1. The highest BCUT2D eigenvalue weighted by Gasteiger charge is 2.49. The van der Waals surface area contributed by atoms with E-state index in [0.29, 0.717) is 0 Å². The van der Waals surface area contributed by atoms with Crippen molar-refractivity contribution in [1.82, 2.24) is 20.0 Å². The fourth-order valence-corrected chi connectivity index (χ4v) is 3.46. The van der Waals surface area contributed by atoms with E-state index in [4.69, 9.17) is 4.74 Å². The molecule has 0 unspecified atom stereocenters. The molecule has 0 spiro atoms. The number of anilines is 2. The molecule has 0 aliphatic carbocycles. The van der Waals surface area contributed by atoms with E-state index in [1.54, 1.807) is 40.7 Å². The number of hydrogen-bond donors (Lipinski definition) is 3. The predicted molar refractivity (Wildman–Crippen MR) is 124 cm³/mol. The number of aliphatic hydroxyl groups is 1. The lowest BCUT2D eigenvalue weighted by molar-refractivity contribution is -0.100. The molecule has 0 radical (unpaired) electrons. The Balaban J connectivity index is 1.76. The molecule has 0 bridgehead atoms. The molecule has 11 heteroatoms. The van der Waals surface area contributed by atoms with Crippen molar-refractivity contribution in [2.24, 2.45) is 7.05 Å². The first-order chi connectivity index (χ1) is 15.7. The number of ether oxygens (including phenoxy) is 1. The molecule has 1 aromatic heterocycles. The number of alkyl carbamates (subject to hydrolysis) is 1. The molecule has 0 saturated carbocycles. The minimum Gasteiger partial charge on any atom is -0.444 e. The third-order valence-corrected chi connectivity index (χ3v) is 5.44. The van der Waals surface area contributed by atoms with Crippen molar-refractivity contribution in [1.29, 1.82) is 0 Å². The number of carbonyl (C=O) groups excluding carboxylic acids is 2. The van der Waals surface area contributed by atoms with Crippen molar-refractivity contribution < 1.29 is 23.8 Å². The first kappa shape index (κ1) is 25.2. The second-order valence-electron chi connectivity index (χ2n) is 9.61. The fraction of sp³-hybridized carbons (Fsp3) is 0.478. The quantitative estimate of drug-likeness (QED) is 0.604. The first-order valence-corrected chi connectivity index (χ1v) is 10.8. The number of carbonyl (C=O) groups is 2. The summed E-state index contributed by atoms with van der Waals surface area (Å²) in [4.78, 5) is 38.6. The average molecular weight is 476 g/mol. The smallest absolute Gasteiger partial charge is 0.407 e. The number of halogens is 1. The van der Waals surface area contributed by atoms with Crippen molar-refractivity contribution in [2.45, 2.75) is 51.9 Å². The summed E-state index contributed by atoms with van der Waals surface area (Å²) in [5.41, 5.74) is -1.79. The normalized spacial score (nSPS) is 15.8. The molecule has 1 atom stereocenters. The summed E-state index contributed by atoms with van der Waals surface area (Å²) in [7, 11) is 1.40. The lowest BCUT2D eigenvalue weighted by Gasteiger charge is -2.49. The Hall–Kier alpha value is -3.47. The van der Waals surface area contributed by atoms with Crippen molar-refractivity contribution in [3.63, 3.8) is 0 Å². The van der Waals surface area contributed by atoms with Gasteiger partial charge in [0.15, 0.2) is 5.69 Å². The molecule has 34 heavy (non-hydrogen) atoms. The van der Waals surface area contributed by atoms with Gasteiger partial charge in [-0.1, -0.05) is 6.07 Å². The molecule has 1 saturated heterocycles. The lowest BCUT2D eigenvalue weighted by atomic mass is 9.86. The summed E-state index contributed by atoms with van der Waals surface area (Å²) in [6, 6.07) is 4.99. The molecule has 2 heterocycles. The largest absolute Gasteiger partial charge is 0.444 e. The Morgan fingerprint density at radius 3 is 2.47 bits per heavy atom. The van der Waals surface area contributed by atoms with Gasteiger partial charge in [-0.25, -0.2) is 13.9 Å². The van der Waals surface area contributed by atoms with Crippen molar-refractivity contribution in [3.05, 3.63) is 51.7 Å². The number of nitrogens with zero attached hydrogens (tertiary/aromatic N) is 3. The van der Waals surface area contributed by atoms with Gasteiger partial charge < -0.3 is 25.4 Å². The van der Waals surface area contributed by atoms with Crippen LogP contribution in [0, 0.1) is 12.7 Å². The van der Waals surface area contributed by atoms with Gasteiger partial charge in [-0.2, -0.15) is 5.10 Å².